The van der Waals surface area contributed by atoms with Crippen LogP contribution >= 0.6 is 0 Å². The van der Waals surface area contributed by atoms with E-state index in [1.165, 1.54) is 0 Å². The Balaban J connectivity index is 1.86. The molecule has 21 heavy (non-hydrogen) atoms. The lowest BCUT2D eigenvalue weighted by atomic mass is 10.2. The summed E-state index contributed by atoms with van der Waals surface area (Å²) in [5.74, 6) is 1.34. The van der Waals surface area contributed by atoms with E-state index in [9.17, 15) is 9.59 Å². The van der Waals surface area contributed by atoms with E-state index in [2.05, 4.69) is 16.9 Å². The number of carbonyl (C=O) groups excluding carboxylic acids is 1. The molecule has 0 saturated heterocycles. The number of nitrogens with one attached hydrogen (secondary N) is 1. The van der Waals surface area contributed by atoms with E-state index in [4.69, 9.17) is 0 Å². The predicted octanol–water partition coefficient (Wildman–Crippen LogP) is 1.93. The Bertz CT molecular complexity index is 738. The average molecular weight is 285 g/mol. The van der Waals surface area contributed by atoms with Crippen molar-refractivity contribution in [3.05, 3.63) is 40.4 Å². The second kappa shape index (κ2) is 5.31. The minimum atomic E-state index is -0.154. The summed E-state index contributed by atoms with van der Waals surface area (Å²) in [6.07, 6.45) is 0.969. The van der Waals surface area contributed by atoms with E-state index in [0.29, 0.717) is 35.7 Å². The molecular formula is C16H19N3O2. The fourth-order valence-corrected chi connectivity index (χ4v) is 2.64. The van der Waals surface area contributed by atoms with Gasteiger partial charge in [0.15, 0.2) is 0 Å². The molecule has 2 unspecified atom stereocenters. The largest absolute Gasteiger partial charge is 0.335 e. The first-order chi connectivity index (χ1) is 10.1. The normalized spacial score (nSPS) is 20.5. The second-order valence-corrected chi connectivity index (χ2v) is 5.70. The Kier molecular flexibility index (Phi) is 3.49. The number of hydrogen-bond donors (Lipinski definition) is 1. The van der Waals surface area contributed by atoms with Crippen LogP contribution in [0.3, 0.4) is 0 Å². The highest BCUT2D eigenvalue weighted by molar-refractivity contribution is 5.81. The molecule has 1 aromatic carbocycles. The molecule has 3 rings (SSSR count). The Hall–Kier alpha value is -2.17. The van der Waals surface area contributed by atoms with E-state index >= 15 is 0 Å². The van der Waals surface area contributed by atoms with E-state index in [0.717, 1.165) is 6.42 Å². The van der Waals surface area contributed by atoms with Crippen LogP contribution in [0, 0.1) is 11.8 Å². The summed E-state index contributed by atoms with van der Waals surface area (Å²) in [4.78, 5) is 33.3. The molecule has 1 aromatic heterocycles. The van der Waals surface area contributed by atoms with Gasteiger partial charge in [0, 0.05) is 12.5 Å². The Labute approximate surface area is 123 Å². The summed E-state index contributed by atoms with van der Waals surface area (Å²) < 4.78 is 0. The lowest BCUT2D eigenvalue weighted by molar-refractivity contribution is -0.133. The monoisotopic (exact) mass is 285 g/mol. The summed E-state index contributed by atoms with van der Waals surface area (Å²) in [6.45, 7) is 5.02. The fraction of sp³-hybridized carbons (Fsp3) is 0.438. The standard InChI is InChI=1S/C16H19N3O2/c1-3-19(16(21)12-8-10(12)2)9-14-17-13-7-5-4-6-11(13)15(20)18-14/h4-7,10,12H,3,8-9H2,1-2H3,(H,17,18,20). The van der Waals surface area contributed by atoms with Gasteiger partial charge in [0.1, 0.15) is 5.82 Å². The third-order valence-electron chi connectivity index (χ3n) is 4.12. The number of benzene rings is 1. The van der Waals surface area contributed by atoms with Crippen LogP contribution in [0.15, 0.2) is 29.1 Å². The van der Waals surface area contributed by atoms with Gasteiger partial charge in [-0.2, -0.15) is 0 Å². The molecule has 1 heterocycles. The van der Waals surface area contributed by atoms with Crippen molar-refractivity contribution in [3.63, 3.8) is 0 Å². The predicted molar refractivity (Wildman–Crippen MR) is 80.7 cm³/mol. The summed E-state index contributed by atoms with van der Waals surface area (Å²) in [5, 5.41) is 0.575. The number of amides is 1. The van der Waals surface area contributed by atoms with Gasteiger partial charge in [0.2, 0.25) is 5.91 Å². The van der Waals surface area contributed by atoms with Gasteiger partial charge in [0.25, 0.3) is 5.56 Å². The van der Waals surface area contributed by atoms with Gasteiger partial charge in [-0.25, -0.2) is 4.98 Å². The van der Waals surface area contributed by atoms with Crippen LogP contribution in [0.4, 0.5) is 0 Å². The minimum absolute atomic E-state index is 0.150. The Morgan fingerprint density at radius 1 is 1.43 bits per heavy atom. The molecule has 0 aliphatic heterocycles. The summed E-state index contributed by atoms with van der Waals surface area (Å²) >= 11 is 0. The molecule has 110 valence electrons. The van der Waals surface area contributed by atoms with E-state index in [1.807, 2.05) is 25.1 Å². The van der Waals surface area contributed by atoms with Crippen molar-refractivity contribution in [2.75, 3.05) is 6.54 Å². The Morgan fingerprint density at radius 3 is 2.81 bits per heavy atom. The second-order valence-electron chi connectivity index (χ2n) is 5.70. The number of rotatable bonds is 4. The van der Waals surface area contributed by atoms with Gasteiger partial charge in [-0.3, -0.25) is 9.59 Å². The van der Waals surface area contributed by atoms with Gasteiger partial charge >= 0.3 is 0 Å². The molecule has 1 aliphatic rings. The molecule has 0 radical (unpaired) electrons. The van der Waals surface area contributed by atoms with Crippen molar-refractivity contribution >= 4 is 16.8 Å². The van der Waals surface area contributed by atoms with Crippen LogP contribution in [-0.2, 0) is 11.3 Å². The van der Waals surface area contributed by atoms with Gasteiger partial charge in [0.05, 0.1) is 17.4 Å². The van der Waals surface area contributed by atoms with Crippen LogP contribution in [0.2, 0.25) is 0 Å². The fourth-order valence-electron chi connectivity index (χ4n) is 2.64. The number of hydrogen-bond acceptors (Lipinski definition) is 3. The maximum atomic E-state index is 12.3. The van der Waals surface area contributed by atoms with Crippen molar-refractivity contribution < 1.29 is 4.79 Å². The van der Waals surface area contributed by atoms with E-state index < -0.39 is 0 Å². The molecule has 1 N–H and O–H groups in total. The molecule has 2 atom stereocenters. The molecule has 1 saturated carbocycles. The van der Waals surface area contributed by atoms with Gasteiger partial charge < -0.3 is 9.88 Å². The molecule has 1 fully saturated rings. The van der Waals surface area contributed by atoms with Crippen LogP contribution < -0.4 is 5.56 Å². The molecule has 5 heteroatoms. The lowest BCUT2D eigenvalue weighted by Crippen LogP contribution is -2.33. The quantitative estimate of drug-likeness (QED) is 0.933. The topological polar surface area (TPSA) is 66.1 Å². The lowest BCUT2D eigenvalue weighted by Gasteiger charge is -2.20. The smallest absolute Gasteiger partial charge is 0.258 e. The van der Waals surface area contributed by atoms with Crippen LogP contribution in [0.5, 0.6) is 0 Å². The minimum Gasteiger partial charge on any atom is -0.335 e. The molecule has 0 spiro atoms. The summed E-state index contributed by atoms with van der Waals surface area (Å²) in [6, 6.07) is 7.23. The number of carbonyl (C=O) groups is 1. The van der Waals surface area contributed by atoms with Crippen LogP contribution in [0.1, 0.15) is 26.1 Å². The number of para-hydroxylation sites is 1. The molecular weight excluding hydrogens is 266 g/mol. The third-order valence-corrected chi connectivity index (χ3v) is 4.12. The zero-order chi connectivity index (χ0) is 15.0. The third kappa shape index (κ3) is 2.68. The van der Waals surface area contributed by atoms with Gasteiger partial charge in [-0.1, -0.05) is 19.1 Å². The average Bonchev–Trinajstić information content (AvgIpc) is 3.21. The van der Waals surface area contributed by atoms with Gasteiger partial charge in [-0.15, -0.1) is 0 Å². The number of H-pyrrole nitrogens is 1. The number of fused-ring (bicyclic) bond motifs is 1. The molecule has 2 aromatic rings. The first kappa shape index (κ1) is 13.8. The molecule has 1 aliphatic carbocycles. The number of aromatic amines is 1. The maximum Gasteiger partial charge on any atom is 0.258 e. The van der Waals surface area contributed by atoms with Crippen molar-refractivity contribution in [2.45, 2.75) is 26.8 Å². The SMILES string of the molecule is CCN(Cc1nc2ccccc2c(=O)[nH]1)C(=O)C1CC1C. The van der Waals surface area contributed by atoms with E-state index in [-0.39, 0.29) is 17.4 Å². The van der Waals surface area contributed by atoms with E-state index in [1.54, 1.807) is 11.0 Å². The summed E-state index contributed by atoms with van der Waals surface area (Å²) in [7, 11) is 0. The first-order valence-corrected chi connectivity index (χ1v) is 7.37. The van der Waals surface area contributed by atoms with Crippen molar-refractivity contribution in [2.24, 2.45) is 11.8 Å². The highest BCUT2D eigenvalue weighted by Crippen LogP contribution is 2.39. The molecule has 5 nitrogen and oxygen atoms in total. The molecule has 1 amide bonds. The first-order valence-electron chi connectivity index (χ1n) is 7.37. The highest BCUT2D eigenvalue weighted by atomic mass is 16.2. The Morgan fingerprint density at radius 2 is 2.14 bits per heavy atom. The van der Waals surface area contributed by atoms with Crippen molar-refractivity contribution in [3.8, 4) is 0 Å². The number of aromatic nitrogens is 2. The zero-order valence-electron chi connectivity index (χ0n) is 12.3. The maximum absolute atomic E-state index is 12.3. The van der Waals surface area contributed by atoms with Crippen molar-refractivity contribution in [1.82, 2.24) is 14.9 Å². The zero-order valence-corrected chi connectivity index (χ0v) is 12.3. The molecule has 0 bridgehead atoms. The van der Waals surface area contributed by atoms with Gasteiger partial charge in [-0.05, 0) is 31.4 Å². The van der Waals surface area contributed by atoms with Crippen molar-refractivity contribution in [1.29, 1.82) is 0 Å². The van der Waals surface area contributed by atoms with Crippen LogP contribution in [-0.4, -0.2) is 27.3 Å². The number of nitrogens with zero attached hydrogens (tertiary/aromatic N) is 2. The van der Waals surface area contributed by atoms with Crippen LogP contribution in [0.25, 0.3) is 10.9 Å². The highest BCUT2D eigenvalue weighted by Gasteiger charge is 2.41. The summed E-state index contributed by atoms with van der Waals surface area (Å²) in [5.41, 5.74) is 0.512.